The first-order valence-electron chi connectivity index (χ1n) is 5.97. The molecular weight excluding hydrogens is 204 g/mol. The highest BCUT2D eigenvalue weighted by Crippen LogP contribution is 2.49. The lowest BCUT2D eigenvalue weighted by atomic mass is 9.95. The molecule has 4 heteroatoms. The third-order valence-corrected chi connectivity index (χ3v) is 3.82. The Morgan fingerprint density at radius 2 is 2.31 bits per heavy atom. The summed E-state index contributed by atoms with van der Waals surface area (Å²) in [5.74, 6) is -0.874. The molecule has 1 aliphatic carbocycles. The molecule has 1 N–H and O–H groups in total. The number of piperidine rings is 1. The minimum Gasteiger partial charge on any atom is -0.481 e. The van der Waals surface area contributed by atoms with E-state index >= 15 is 0 Å². The topological polar surface area (TPSA) is 64.3 Å². The minimum absolute atomic E-state index is 0.202. The largest absolute Gasteiger partial charge is 0.481 e. The summed E-state index contributed by atoms with van der Waals surface area (Å²) in [7, 11) is 0. The number of nitrogens with zero attached hydrogens (tertiary/aromatic N) is 2. The van der Waals surface area contributed by atoms with E-state index in [4.69, 9.17) is 10.4 Å². The predicted octanol–water partition coefficient (Wildman–Crippen LogP) is 1.48. The van der Waals surface area contributed by atoms with Crippen LogP contribution in [-0.4, -0.2) is 35.6 Å². The Hall–Kier alpha value is -1.08. The Labute approximate surface area is 95.9 Å². The van der Waals surface area contributed by atoms with Crippen LogP contribution in [0.15, 0.2) is 0 Å². The van der Waals surface area contributed by atoms with Crippen LogP contribution in [0.1, 0.15) is 32.1 Å². The molecule has 2 rings (SSSR count). The van der Waals surface area contributed by atoms with E-state index in [1.165, 1.54) is 0 Å². The van der Waals surface area contributed by atoms with Crippen LogP contribution >= 0.6 is 0 Å². The minimum atomic E-state index is -0.671. The van der Waals surface area contributed by atoms with Crippen molar-refractivity contribution in [2.75, 3.05) is 19.6 Å². The summed E-state index contributed by atoms with van der Waals surface area (Å²) in [6.45, 7) is 2.59. The summed E-state index contributed by atoms with van der Waals surface area (Å²) in [6, 6.07) is 2.25. The maximum absolute atomic E-state index is 10.9. The van der Waals surface area contributed by atoms with E-state index in [0.717, 1.165) is 38.8 Å². The quantitative estimate of drug-likeness (QED) is 0.782. The van der Waals surface area contributed by atoms with Crippen LogP contribution in [-0.2, 0) is 4.79 Å². The average molecular weight is 222 g/mol. The summed E-state index contributed by atoms with van der Waals surface area (Å²) in [4.78, 5) is 13.2. The number of carboxylic acids is 1. The zero-order chi connectivity index (χ0) is 11.6. The molecule has 0 bridgehead atoms. The van der Waals surface area contributed by atoms with Gasteiger partial charge >= 0.3 is 5.97 Å². The number of nitriles is 1. The first-order chi connectivity index (χ1) is 7.65. The summed E-state index contributed by atoms with van der Waals surface area (Å²) < 4.78 is 0. The second kappa shape index (κ2) is 4.42. The molecule has 0 aromatic carbocycles. The van der Waals surface area contributed by atoms with Crippen LogP contribution in [0.3, 0.4) is 0 Å². The Bertz CT molecular complexity index is 317. The number of rotatable bonds is 4. The molecule has 1 atom stereocenters. The van der Waals surface area contributed by atoms with E-state index in [2.05, 4.69) is 11.0 Å². The number of carboxylic acid groups (broad SMARTS) is 1. The van der Waals surface area contributed by atoms with Crippen LogP contribution in [0.25, 0.3) is 0 Å². The lowest BCUT2D eigenvalue weighted by Crippen LogP contribution is -2.41. The molecule has 0 aromatic heterocycles. The van der Waals surface area contributed by atoms with Gasteiger partial charge in [-0.1, -0.05) is 0 Å². The van der Waals surface area contributed by atoms with Gasteiger partial charge in [0.05, 0.1) is 12.0 Å². The van der Waals surface area contributed by atoms with E-state index in [9.17, 15) is 4.79 Å². The van der Waals surface area contributed by atoms with Gasteiger partial charge in [0.25, 0.3) is 0 Å². The van der Waals surface area contributed by atoms with E-state index in [-0.39, 0.29) is 11.3 Å². The van der Waals surface area contributed by atoms with E-state index in [0.29, 0.717) is 13.0 Å². The van der Waals surface area contributed by atoms with Crippen molar-refractivity contribution in [3.05, 3.63) is 0 Å². The molecule has 1 aliphatic heterocycles. The molecule has 0 aromatic rings. The highest BCUT2D eigenvalue weighted by molar-refractivity contribution is 5.70. The molecule has 0 spiro atoms. The Kier molecular flexibility index (Phi) is 3.15. The lowest BCUT2D eigenvalue weighted by molar-refractivity contribution is -0.143. The second-order valence-corrected chi connectivity index (χ2v) is 5.25. The van der Waals surface area contributed by atoms with Crippen LogP contribution in [0.2, 0.25) is 0 Å². The first kappa shape index (κ1) is 11.4. The van der Waals surface area contributed by atoms with Gasteiger partial charge < -0.3 is 10.0 Å². The molecule has 1 heterocycles. The molecule has 16 heavy (non-hydrogen) atoms. The summed E-state index contributed by atoms with van der Waals surface area (Å²) >= 11 is 0. The van der Waals surface area contributed by atoms with Crippen molar-refractivity contribution in [2.24, 2.45) is 11.3 Å². The van der Waals surface area contributed by atoms with E-state index < -0.39 is 5.97 Å². The third-order valence-electron chi connectivity index (χ3n) is 3.82. The predicted molar refractivity (Wildman–Crippen MR) is 58.7 cm³/mol. The number of hydrogen-bond donors (Lipinski definition) is 1. The van der Waals surface area contributed by atoms with Gasteiger partial charge in [-0.15, -0.1) is 0 Å². The van der Waals surface area contributed by atoms with Gasteiger partial charge in [0.1, 0.15) is 0 Å². The molecular formula is C12H18N2O2. The molecule has 0 amide bonds. The first-order valence-corrected chi connectivity index (χ1v) is 5.97. The lowest BCUT2D eigenvalue weighted by Gasteiger charge is -2.33. The number of hydrogen-bond acceptors (Lipinski definition) is 3. The average Bonchev–Trinajstić information content (AvgIpc) is 2.99. The van der Waals surface area contributed by atoms with E-state index in [1.54, 1.807) is 0 Å². The number of likely N-dealkylation sites (tertiary alicyclic amines) is 1. The van der Waals surface area contributed by atoms with E-state index in [1.807, 2.05) is 0 Å². The van der Waals surface area contributed by atoms with Gasteiger partial charge in [0.15, 0.2) is 0 Å². The van der Waals surface area contributed by atoms with Gasteiger partial charge in [-0.2, -0.15) is 5.26 Å². The molecule has 4 nitrogen and oxygen atoms in total. The highest BCUT2D eigenvalue weighted by atomic mass is 16.4. The van der Waals surface area contributed by atoms with Gasteiger partial charge in [-0.25, -0.2) is 0 Å². The molecule has 2 fully saturated rings. The van der Waals surface area contributed by atoms with Crippen molar-refractivity contribution in [2.45, 2.75) is 32.1 Å². The van der Waals surface area contributed by atoms with Gasteiger partial charge in [-0.05, 0) is 37.6 Å². The number of carbonyl (C=O) groups is 1. The Morgan fingerprint density at radius 3 is 2.88 bits per heavy atom. The molecule has 2 aliphatic rings. The molecule has 88 valence electrons. The van der Waals surface area contributed by atoms with Crippen molar-refractivity contribution in [1.82, 2.24) is 4.90 Å². The van der Waals surface area contributed by atoms with Gasteiger partial charge in [0, 0.05) is 19.5 Å². The molecule has 0 radical (unpaired) electrons. The van der Waals surface area contributed by atoms with Crippen molar-refractivity contribution in [3.8, 4) is 6.07 Å². The van der Waals surface area contributed by atoms with Crippen molar-refractivity contribution >= 4 is 5.97 Å². The highest BCUT2D eigenvalue weighted by Gasteiger charge is 2.44. The fraction of sp³-hybridized carbons (Fsp3) is 0.833. The molecule has 1 saturated carbocycles. The van der Waals surface area contributed by atoms with Crippen molar-refractivity contribution in [3.63, 3.8) is 0 Å². The van der Waals surface area contributed by atoms with Crippen molar-refractivity contribution in [1.29, 1.82) is 5.26 Å². The summed E-state index contributed by atoms with van der Waals surface area (Å²) in [5.41, 5.74) is 0.204. The van der Waals surface area contributed by atoms with Crippen LogP contribution in [0.4, 0.5) is 0 Å². The summed E-state index contributed by atoms with van der Waals surface area (Å²) in [6.07, 6.45) is 4.67. The maximum atomic E-state index is 10.9. The van der Waals surface area contributed by atoms with Gasteiger partial charge in [-0.3, -0.25) is 4.79 Å². The van der Waals surface area contributed by atoms with Gasteiger partial charge in [0.2, 0.25) is 0 Å². The van der Waals surface area contributed by atoms with Crippen LogP contribution in [0.5, 0.6) is 0 Å². The second-order valence-electron chi connectivity index (χ2n) is 5.25. The third kappa shape index (κ3) is 2.53. The standard InChI is InChI=1S/C12H18N2O2/c13-6-5-12(3-4-12)9-14-7-1-2-10(8-14)11(15)16/h10H,1-5,7-9H2,(H,15,16). The smallest absolute Gasteiger partial charge is 0.307 e. The normalized spacial score (nSPS) is 28.3. The van der Waals surface area contributed by atoms with Crippen LogP contribution < -0.4 is 0 Å². The van der Waals surface area contributed by atoms with Crippen LogP contribution in [0, 0.1) is 22.7 Å². The molecule has 1 saturated heterocycles. The zero-order valence-electron chi connectivity index (χ0n) is 9.48. The summed E-state index contributed by atoms with van der Waals surface area (Å²) in [5, 5.41) is 17.7. The Morgan fingerprint density at radius 1 is 1.56 bits per heavy atom. The number of aliphatic carboxylic acids is 1. The zero-order valence-corrected chi connectivity index (χ0v) is 9.48. The molecule has 1 unspecified atom stereocenters. The maximum Gasteiger partial charge on any atom is 0.307 e. The Balaban J connectivity index is 1.86. The van der Waals surface area contributed by atoms with Crippen molar-refractivity contribution < 1.29 is 9.90 Å². The fourth-order valence-electron chi connectivity index (χ4n) is 2.61. The SMILES string of the molecule is N#CCC1(CN2CCCC(C(=O)O)C2)CC1. The monoisotopic (exact) mass is 222 g/mol. The fourth-order valence-corrected chi connectivity index (χ4v) is 2.61.